The summed E-state index contributed by atoms with van der Waals surface area (Å²) in [6, 6.07) is 0. The summed E-state index contributed by atoms with van der Waals surface area (Å²) in [7, 11) is 0. The third-order valence-electron chi connectivity index (χ3n) is 6.88. The van der Waals surface area contributed by atoms with Crippen LogP contribution in [-0.4, -0.2) is 24.9 Å². The van der Waals surface area contributed by atoms with Gasteiger partial charge in [0.05, 0.1) is 11.3 Å². The zero-order chi connectivity index (χ0) is 22.4. The maximum Gasteiger partial charge on any atom is 0.254 e. The van der Waals surface area contributed by atoms with Crippen molar-refractivity contribution in [3.63, 3.8) is 0 Å². The molecule has 1 heterocycles. The van der Waals surface area contributed by atoms with Crippen LogP contribution in [0.2, 0.25) is 0 Å². The van der Waals surface area contributed by atoms with Crippen molar-refractivity contribution in [1.82, 2.24) is 5.32 Å². The highest BCUT2D eigenvalue weighted by Gasteiger charge is 2.35. The zero-order valence-electron chi connectivity index (χ0n) is 18.3. The summed E-state index contributed by atoms with van der Waals surface area (Å²) in [6.45, 7) is 3.19. The number of amides is 2. The first-order valence-corrected chi connectivity index (χ1v) is 12.6. The predicted octanol–water partition coefficient (Wildman–Crippen LogP) is 2.61. The van der Waals surface area contributed by atoms with E-state index in [4.69, 9.17) is 0 Å². The van der Waals surface area contributed by atoms with Crippen LogP contribution in [-0.2, 0) is 24.1 Å². The summed E-state index contributed by atoms with van der Waals surface area (Å²) < 4.78 is 0. The van der Waals surface area contributed by atoms with Gasteiger partial charge < -0.3 is 16.0 Å². The van der Waals surface area contributed by atoms with Gasteiger partial charge in [-0.2, -0.15) is 0 Å². The van der Waals surface area contributed by atoms with Gasteiger partial charge in [-0.1, -0.05) is 0 Å². The Morgan fingerprint density at radius 1 is 1.03 bits per heavy atom. The fourth-order valence-electron chi connectivity index (χ4n) is 4.65. The molecule has 5 rings (SSSR count). The van der Waals surface area contributed by atoms with Gasteiger partial charge in [-0.25, -0.2) is 0 Å². The van der Waals surface area contributed by atoms with Gasteiger partial charge in [-0.05, 0) is 75.7 Å². The van der Waals surface area contributed by atoms with Crippen molar-refractivity contribution in [2.24, 2.45) is 17.8 Å². The monoisotopic (exact) mass is 455 g/mol. The normalized spacial score (nSPS) is 20.1. The van der Waals surface area contributed by atoms with Crippen molar-refractivity contribution in [3.05, 3.63) is 42.0 Å². The molecule has 0 spiro atoms. The molecule has 0 aliphatic heterocycles. The Labute approximate surface area is 190 Å². The van der Waals surface area contributed by atoms with Gasteiger partial charge in [-0.15, -0.1) is 11.3 Å². The van der Waals surface area contributed by atoms with Gasteiger partial charge in [-0.3, -0.25) is 19.2 Å². The van der Waals surface area contributed by atoms with Gasteiger partial charge >= 0.3 is 0 Å². The molecule has 2 fully saturated rings. The average molecular weight is 456 g/mol. The fourth-order valence-corrected chi connectivity index (χ4v) is 5.90. The minimum absolute atomic E-state index is 0.00963. The standard InChI is InChI=1S/C24H29N3O4S/c1-2-25-19-16(20(28)21(19)29)10-13-5-8-17-15(9-13)18(23(31)26-11-12-3-4-12)24(32-17)27-22(30)14-6-7-14/h12-14,25H,2-11H2,1H3,(H,26,31)(H,27,30). The molecule has 0 bridgehead atoms. The van der Waals surface area contributed by atoms with E-state index < -0.39 is 5.43 Å². The molecule has 1 aromatic carbocycles. The topological polar surface area (TPSA) is 104 Å². The Kier molecular flexibility index (Phi) is 5.65. The van der Waals surface area contributed by atoms with Crippen molar-refractivity contribution in [2.75, 3.05) is 23.7 Å². The summed E-state index contributed by atoms with van der Waals surface area (Å²) in [5, 5.41) is 9.79. The highest BCUT2D eigenvalue weighted by atomic mass is 32.1. The first-order valence-electron chi connectivity index (χ1n) is 11.8. The largest absolute Gasteiger partial charge is 0.382 e. The lowest BCUT2D eigenvalue weighted by atomic mass is 9.81. The molecule has 8 heteroatoms. The number of hydrogen-bond acceptors (Lipinski definition) is 6. The Morgan fingerprint density at radius 3 is 2.50 bits per heavy atom. The average Bonchev–Trinajstić information content (AvgIpc) is 3.70. The molecule has 3 N–H and O–H groups in total. The maximum absolute atomic E-state index is 13.2. The second-order valence-electron chi connectivity index (χ2n) is 9.48. The van der Waals surface area contributed by atoms with E-state index in [0.717, 1.165) is 49.0 Å². The summed E-state index contributed by atoms with van der Waals surface area (Å²) >= 11 is 1.53. The van der Waals surface area contributed by atoms with Gasteiger partial charge in [0.1, 0.15) is 5.00 Å². The van der Waals surface area contributed by atoms with Crippen LogP contribution in [0.3, 0.4) is 0 Å². The van der Waals surface area contributed by atoms with E-state index in [-0.39, 0.29) is 29.1 Å². The Hall–Kier alpha value is -2.48. The van der Waals surface area contributed by atoms with Gasteiger partial charge in [0.15, 0.2) is 0 Å². The van der Waals surface area contributed by atoms with E-state index in [9.17, 15) is 19.2 Å². The summed E-state index contributed by atoms with van der Waals surface area (Å²) in [4.78, 5) is 50.8. The minimum atomic E-state index is -0.418. The molecule has 0 saturated heterocycles. The molecule has 2 saturated carbocycles. The highest BCUT2D eigenvalue weighted by molar-refractivity contribution is 7.17. The Balaban J connectivity index is 1.38. The lowest BCUT2D eigenvalue weighted by molar-refractivity contribution is -0.117. The molecule has 2 aromatic rings. The van der Waals surface area contributed by atoms with Gasteiger partial charge in [0.25, 0.3) is 5.91 Å². The molecular weight excluding hydrogens is 426 g/mol. The van der Waals surface area contributed by atoms with Crippen LogP contribution in [0.5, 0.6) is 0 Å². The molecule has 7 nitrogen and oxygen atoms in total. The van der Waals surface area contributed by atoms with Crippen LogP contribution in [0.1, 0.15) is 65.4 Å². The fraction of sp³-hybridized carbons (Fsp3) is 0.583. The zero-order valence-corrected chi connectivity index (χ0v) is 19.2. The smallest absolute Gasteiger partial charge is 0.254 e. The number of anilines is 2. The van der Waals surface area contributed by atoms with Crippen molar-refractivity contribution in [1.29, 1.82) is 0 Å². The maximum atomic E-state index is 13.2. The van der Waals surface area contributed by atoms with Crippen molar-refractivity contribution >= 4 is 33.8 Å². The summed E-state index contributed by atoms with van der Waals surface area (Å²) in [5.41, 5.74) is 1.89. The third-order valence-corrected chi connectivity index (χ3v) is 8.09. The Morgan fingerprint density at radius 2 is 1.81 bits per heavy atom. The first kappa shape index (κ1) is 21.4. The molecule has 170 valence electrons. The number of carbonyl (C=O) groups is 2. The highest BCUT2D eigenvalue weighted by Crippen LogP contribution is 2.42. The molecule has 3 aliphatic rings. The van der Waals surface area contributed by atoms with Crippen LogP contribution in [0.25, 0.3) is 0 Å². The van der Waals surface area contributed by atoms with Crippen LogP contribution >= 0.6 is 11.3 Å². The predicted molar refractivity (Wildman–Crippen MR) is 125 cm³/mol. The van der Waals surface area contributed by atoms with Crippen LogP contribution in [0, 0.1) is 17.8 Å². The number of rotatable bonds is 9. The molecule has 1 unspecified atom stereocenters. The number of hydrogen-bond donors (Lipinski definition) is 3. The van der Waals surface area contributed by atoms with Crippen LogP contribution in [0.15, 0.2) is 9.59 Å². The molecule has 1 aromatic heterocycles. The Bertz CT molecular complexity index is 1140. The summed E-state index contributed by atoms with van der Waals surface area (Å²) in [6.07, 6.45) is 7.10. The second-order valence-corrected chi connectivity index (χ2v) is 10.6. The molecule has 2 amide bonds. The van der Waals surface area contributed by atoms with Crippen molar-refractivity contribution in [3.8, 4) is 0 Å². The van der Waals surface area contributed by atoms with E-state index in [2.05, 4.69) is 16.0 Å². The number of carbonyl (C=O) groups excluding carboxylic acids is 2. The number of fused-ring (bicyclic) bond motifs is 1. The van der Waals surface area contributed by atoms with Crippen molar-refractivity contribution < 1.29 is 9.59 Å². The van der Waals surface area contributed by atoms with E-state index in [0.29, 0.717) is 53.7 Å². The SMILES string of the molecule is CCNc1c(CC2CCc3sc(NC(=O)C4CC4)c(C(=O)NCC4CC4)c3C2)c(=O)c1=O. The van der Waals surface area contributed by atoms with Crippen LogP contribution < -0.4 is 26.8 Å². The molecule has 0 radical (unpaired) electrons. The van der Waals surface area contributed by atoms with Gasteiger partial charge in [0, 0.05) is 29.4 Å². The number of nitrogens with one attached hydrogen (secondary N) is 3. The van der Waals surface area contributed by atoms with Gasteiger partial charge in [0.2, 0.25) is 16.8 Å². The minimum Gasteiger partial charge on any atom is -0.382 e. The van der Waals surface area contributed by atoms with Crippen molar-refractivity contribution in [2.45, 2.75) is 58.3 Å². The second kappa shape index (κ2) is 8.46. The summed E-state index contributed by atoms with van der Waals surface area (Å²) in [5.74, 6) is 0.742. The lowest BCUT2D eigenvalue weighted by Crippen LogP contribution is -2.40. The molecular formula is C24H29N3O4S. The molecule has 3 aliphatic carbocycles. The third kappa shape index (κ3) is 4.12. The molecule has 32 heavy (non-hydrogen) atoms. The van der Waals surface area contributed by atoms with E-state index in [1.54, 1.807) is 0 Å². The molecule has 1 atom stereocenters. The van der Waals surface area contributed by atoms with E-state index in [1.165, 1.54) is 11.3 Å². The van der Waals surface area contributed by atoms with Crippen LogP contribution in [0.4, 0.5) is 10.7 Å². The van der Waals surface area contributed by atoms with E-state index >= 15 is 0 Å². The first-order chi connectivity index (χ1) is 15.5. The van der Waals surface area contributed by atoms with E-state index in [1.807, 2.05) is 6.92 Å². The number of aryl methyl sites for hydroxylation is 1. The quantitative estimate of drug-likeness (QED) is 0.504. The lowest BCUT2D eigenvalue weighted by Gasteiger charge is -2.24. The number of thiophene rings is 1.